The molecule has 0 saturated heterocycles. The van der Waals surface area contributed by atoms with Crippen molar-refractivity contribution in [1.29, 1.82) is 0 Å². The third-order valence-corrected chi connectivity index (χ3v) is 3.67. The number of rotatable bonds is 6. The van der Waals surface area contributed by atoms with E-state index < -0.39 is 0 Å². The van der Waals surface area contributed by atoms with Crippen LogP contribution in [0.15, 0.2) is 36.4 Å². The first-order chi connectivity index (χ1) is 11.9. The first kappa shape index (κ1) is 18.3. The highest BCUT2D eigenvalue weighted by Crippen LogP contribution is 2.25. The van der Waals surface area contributed by atoms with E-state index >= 15 is 0 Å². The van der Waals surface area contributed by atoms with Crippen LogP contribution in [0, 0.1) is 6.92 Å². The van der Waals surface area contributed by atoms with Crippen LogP contribution in [-0.2, 0) is 16.0 Å². The second-order valence-corrected chi connectivity index (χ2v) is 5.61. The van der Waals surface area contributed by atoms with E-state index in [0.29, 0.717) is 22.9 Å². The quantitative estimate of drug-likeness (QED) is 0.845. The molecular weight excluding hydrogens is 320 g/mol. The molecule has 0 aliphatic heterocycles. The summed E-state index contributed by atoms with van der Waals surface area (Å²) in [5, 5.41) is 5.58. The fourth-order valence-corrected chi connectivity index (χ4v) is 2.43. The van der Waals surface area contributed by atoms with Crippen LogP contribution in [0.2, 0.25) is 0 Å². The minimum absolute atomic E-state index is 0.143. The van der Waals surface area contributed by atoms with Gasteiger partial charge in [-0.1, -0.05) is 6.07 Å². The molecule has 0 radical (unpaired) electrons. The zero-order valence-corrected chi connectivity index (χ0v) is 14.8. The Kier molecular flexibility index (Phi) is 6.00. The summed E-state index contributed by atoms with van der Waals surface area (Å²) in [6, 6.07) is 10.7. The lowest BCUT2D eigenvalue weighted by atomic mass is 10.1. The standard InChI is InChI=1S/C19H22N2O4/c1-12-5-6-15(20-13(2)22)11-17(12)21-19(23)10-14-9-16(24-3)7-8-18(14)25-4/h5-9,11H,10H2,1-4H3,(H,20,22)(H,21,23). The van der Waals surface area contributed by atoms with Crippen LogP contribution in [-0.4, -0.2) is 26.0 Å². The van der Waals surface area contributed by atoms with Crippen LogP contribution in [0.1, 0.15) is 18.1 Å². The predicted octanol–water partition coefficient (Wildman–Crippen LogP) is 3.15. The molecule has 6 heteroatoms. The number of carbonyl (C=O) groups is 2. The number of anilines is 2. The van der Waals surface area contributed by atoms with Gasteiger partial charge in [0.25, 0.3) is 0 Å². The third kappa shape index (κ3) is 4.97. The van der Waals surface area contributed by atoms with Crippen LogP contribution in [0.3, 0.4) is 0 Å². The molecule has 0 aliphatic carbocycles. The van der Waals surface area contributed by atoms with E-state index in [1.165, 1.54) is 6.92 Å². The SMILES string of the molecule is COc1ccc(OC)c(CC(=O)Nc2cc(NC(C)=O)ccc2C)c1. The van der Waals surface area contributed by atoms with Crippen molar-refractivity contribution >= 4 is 23.2 Å². The van der Waals surface area contributed by atoms with Crippen LogP contribution in [0.25, 0.3) is 0 Å². The summed E-state index contributed by atoms with van der Waals surface area (Å²) in [5.41, 5.74) is 2.92. The average molecular weight is 342 g/mol. The minimum Gasteiger partial charge on any atom is -0.497 e. The van der Waals surface area contributed by atoms with Crippen LogP contribution >= 0.6 is 0 Å². The third-order valence-electron chi connectivity index (χ3n) is 3.67. The Morgan fingerprint density at radius 3 is 2.40 bits per heavy atom. The summed E-state index contributed by atoms with van der Waals surface area (Å²) in [6.07, 6.45) is 0.143. The predicted molar refractivity (Wildman–Crippen MR) is 97.4 cm³/mol. The molecule has 2 aromatic carbocycles. The van der Waals surface area contributed by atoms with E-state index in [-0.39, 0.29) is 18.2 Å². The van der Waals surface area contributed by atoms with Gasteiger partial charge in [-0.15, -0.1) is 0 Å². The highest BCUT2D eigenvalue weighted by atomic mass is 16.5. The maximum atomic E-state index is 12.4. The molecule has 0 aromatic heterocycles. The van der Waals surface area contributed by atoms with E-state index in [1.807, 2.05) is 13.0 Å². The normalized spacial score (nSPS) is 10.1. The number of methoxy groups -OCH3 is 2. The zero-order chi connectivity index (χ0) is 18.4. The van der Waals surface area contributed by atoms with Gasteiger partial charge in [-0.25, -0.2) is 0 Å². The first-order valence-electron chi connectivity index (χ1n) is 7.82. The molecule has 2 amide bonds. The molecule has 0 spiro atoms. The molecule has 0 atom stereocenters. The Morgan fingerprint density at radius 2 is 1.76 bits per heavy atom. The highest BCUT2D eigenvalue weighted by molar-refractivity contribution is 5.95. The van der Waals surface area contributed by atoms with Crippen LogP contribution in [0.4, 0.5) is 11.4 Å². The molecular formula is C19H22N2O4. The number of aryl methyl sites for hydroxylation is 1. The molecule has 0 bridgehead atoms. The molecule has 6 nitrogen and oxygen atoms in total. The Morgan fingerprint density at radius 1 is 1.00 bits per heavy atom. The van der Waals surface area contributed by atoms with Gasteiger partial charge in [0, 0.05) is 23.9 Å². The lowest BCUT2D eigenvalue weighted by Gasteiger charge is -2.13. The van der Waals surface area contributed by atoms with Crippen molar-refractivity contribution in [3.63, 3.8) is 0 Å². The van der Waals surface area contributed by atoms with Gasteiger partial charge in [0.1, 0.15) is 11.5 Å². The van der Waals surface area contributed by atoms with Crippen molar-refractivity contribution in [3.05, 3.63) is 47.5 Å². The van der Waals surface area contributed by atoms with Gasteiger partial charge >= 0.3 is 0 Å². The second kappa shape index (κ2) is 8.19. The molecule has 0 saturated carbocycles. The Bertz CT molecular complexity index is 787. The van der Waals surface area contributed by atoms with E-state index in [1.54, 1.807) is 44.6 Å². The van der Waals surface area contributed by atoms with Gasteiger partial charge in [-0.05, 0) is 42.8 Å². The summed E-state index contributed by atoms with van der Waals surface area (Å²) in [7, 11) is 3.13. The molecule has 0 heterocycles. The molecule has 0 aliphatic rings. The van der Waals surface area contributed by atoms with Gasteiger partial charge in [0.05, 0.1) is 20.6 Å². The number of amides is 2. The van der Waals surface area contributed by atoms with E-state index in [9.17, 15) is 9.59 Å². The van der Waals surface area contributed by atoms with Gasteiger partial charge < -0.3 is 20.1 Å². The smallest absolute Gasteiger partial charge is 0.228 e. The summed E-state index contributed by atoms with van der Waals surface area (Å²) < 4.78 is 10.5. The van der Waals surface area contributed by atoms with Crippen LogP contribution in [0.5, 0.6) is 11.5 Å². The van der Waals surface area contributed by atoms with Gasteiger partial charge in [-0.2, -0.15) is 0 Å². The number of carbonyl (C=O) groups excluding carboxylic acids is 2. The fraction of sp³-hybridized carbons (Fsp3) is 0.263. The van der Waals surface area contributed by atoms with Gasteiger partial charge in [-0.3, -0.25) is 9.59 Å². The molecule has 0 fully saturated rings. The molecule has 2 rings (SSSR count). The van der Waals surface area contributed by atoms with Crippen molar-refractivity contribution in [2.24, 2.45) is 0 Å². The molecule has 25 heavy (non-hydrogen) atoms. The van der Waals surface area contributed by atoms with Crippen molar-refractivity contribution in [1.82, 2.24) is 0 Å². The van der Waals surface area contributed by atoms with Gasteiger partial charge in [0.2, 0.25) is 11.8 Å². The number of hydrogen-bond donors (Lipinski definition) is 2. The van der Waals surface area contributed by atoms with E-state index in [0.717, 1.165) is 11.1 Å². The maximum Gasteiger partial charge on any atom is 0.228 e. The molecule has 2 N–H and O–H groups in total. The number of nitrogens with one attached hydrogen (secondary N) is 2. The number of ether oxygens (including phenoxy) is 2. The summed E-state index contributed by atoms with van der Waals surface area (Å²) in [6.45, 7) is 3.33. The fourth-order valence-electron chi connectivity index (χ4n) is 2.43. The minimum atomic E-state index is -0.186. The van der Waals surface area contributed by atoms with E-state index in [4.69, 9.17) is 9.47 Å². The molecule has 0 unspecified atom stereocenters. The zero-order valence-electron chi connectivity index (χ0n) is 14.8. The Hall–Kier alpha value is -3.02. The van der Waals surface area contributed by atoms with Gasteiger partial charge in [0.15, 0.2) is 0 Å². The largest absolute Gasteiger partial charge is 0.497 e. The lowest BCUT2D eigenvalue weighted by molar-refractivity contribution is -0.116. The number of hydrogen-bond acceptors (Lipinski definition) is 4. The van der Waals surface area contributed by atoms with Crippen molar-refractivity contribution in [2.75, 3.05) is 24.9 Å². The Labute approximate surface area is 147 Å². The molecule has 2 aromatic rings. The van der Waals surface area contributed by atoms with Crippen molar-refractivity contribution in [2.45, 2.75) is 20.3 Å². The highest BCUT2D eigenvalue weighted by Gasteiger charge is 2.12. The molecule has 132 valence electrons. The summed E-state index contributed by atoms with van der Waals surface area (Å²) in [4.78, 5) is 23.6. The first-order valence-corrected chi connectivity index (χ1v) is 7.82. The monoisotopic (exact) mass is 342 g/mol. The van der Waals surface area contributed by atoms with Crippen LogP contribution < -0.4 is 20.1 Å². The average Bonchev–Trinajstić information content (AvgIpc) is 2.57. The topological polar surface area (TPSA) is 76.7 Å². The van der Waals surface area contributed by atoms with E-state index in [2.05, 4.69) is 10.6 Å². The Balaban J connectivity index is 2.16. The lowest BCUT2D eigenvalue weighted by Crippen LogP contribution is -2.16. The summed E-state index contributed by atoms with van der Waals surface area (Å²) >= 11 is 0. The maximum absolute atomic E-state index is 12.4. The van der Waals surface area contributed by atoms with Crippen molar-refractivity contribution in [3.8, 4) is 11.5 Å². The second-order valence-electron chi connectivity index (χ2n) is 5.61. The van der Waals surface area contributed by atoms with Crippen molar-refractivity contribution < 1.29 is 19.1 Å². The number of benzene rings is 2. The summed E-state index contributed by atoms with van der Waals surface area (Å²) in [5.74, 6) is 0.934.